The zero-order chi connectivity index (χ0) is 12.1. The lowest BCUT2D eigenvalue weighted by atomic mass is 10.3. The number of methoxy groups -OCH3 is 1. The van der Waals surface area contributed by atoms with E-state index in [1.165, 1.54) is 18.4 Å². The van der Waals surface area contributed by atoms with E-state index in [0.29, 0.717) is 12.3 Å². The van der Waals surface area contributed by atoms with Crippen molar-refractivity contribution >= 4 is 17.3 Å². The number of rotatable bonds is 5. The molecule has 0 spiro atoms. The number of carbonyl (C=O) groups is 1. The number of thiazole rings is 1. The van der Waals surface area contributed by atoms with E-state index in [1.807, 2.05) is 20.8 Å². The van der Waals surface area contributed by atoms with Crippen LogP contribution in [0, 0.1) is 6.92 Å². The first-order valence-electron chi connectivity index (χ1n) is 5.31. The van der Waals surface area contributed by atoms with Gasteiger partial charge in [0.05, 0.1) is 7.11 Å². The van der Waals surface area contributed by atoms with E-state index in [0.717, 1.165) is 16.3 Å². The molecule has 0 saturated carbocycles. The fourth-order valence-electron chi connectivity index (χ4n) is 1.41. The van der Waals surface area contributed by atoms with Crippen molar-refractivity contribution in [1.29, 1.82) is 0 Å². The van der Waals surface area contributed by atoms with Crippen molar-refractivity contribution in [3.05, 3.63) is 15.6 Å². The molecule has 0 amide bonds. The molecule has 0 aliphatic heterocycles. The van der Waals surface area contributed by atoms with Gasteiger partial charge in [-0.1, -0.05) is 6.92 Å². The number of hydrogen-bond acceptors (Lipinski definition) is 5. The van der Waals surface area contributed by atoms with Gasteiger partial charge in [0.25, 0.3) is 0 Å². The summed E-state index contributed by atoms with van der Waals surface area (Å²) in [5.74, 6) is -0.383. The first kappa shape index (κ1) is 13.1. The van der Waals surface area contributed by atoms with Gasteiger partial charge in [0.1, 0.15) is 11.1 Å². The van der Waals surface area contributed by atoms with Crippen molar-refractivity contribution in [3.8, 4) is 0 Å². The Morgan fingerprint density at radius 1 is 1.50 bits per heavy atom. The highest BCUT2D eigenvalue weighted by molar-refractivity contribution is 7.11. The number of carbonyl (C=O) groups excluding carboxylic acids is 1. The van der Waals surface area contributed by atoms with Crippen molar-refractivity contribution in [2.45, 2.75) is 33.3 Å². The lowest BCUT2D eigenvalue weighted by Gasteiger charge is -2.10. The molecule has 0 bridgehead atoms. The molecular weight excluding hydrogens is 226 g/mol. The number of esters is 1. The summed E-state index contributed by atoms with van der Waals surface area (Å²) in [4.78, 5) is 16.6. The Morgan fingerprint density at radius 3 is 2.69 bits per heavy atom. The maximum atomic E-state index is 11.4. The Kier molecular flexibility index (Phi) is 4.89. The van der Waals surface area contributed by atoms with Crippen LogP contribution in [0.3, 0.4) is 0 Å². The molecule has 0 aliphatic carbocycles. The topological polar surface area (TPSA) is 48.4 Å². The Balaban J connectivity index is 2.94. The van der Waals surface area contributed by atoms with Crippen LogP contribution < -0.4 is 0 Å². The normalized spacial score (nSPS) is 12.5. The van der Waals surface area contributed by atoms with E-state index in [9.17, 15) is 4.79 Å². The van der Waals surface area contributed by atoms with Gasteiger partial charge in [-0.3, -0.25) is 0 Å². The largest absolute Gasteiger partial charge is 0.464 e. The molecule has 1 aromatic rings. The maximum absolute atomic E-state index is 11.4. The third-order valence-electron chi connectivity index (χ3n) is 2.21. The van der Waals surface area contributed by atoms with Crippen LogP contribution in [0.5, 0.6) is 0 Å². The molecule has 1 heterocycles. The van der Waals surface area contributed by atoms with Crippen molar-refractivity contribution < 1.29 is 14.3 Å². The number of ether oxygens (including phenoxy) is 2. The van der Waals surface area contributed by atoms with Gasteiger partial charge in [0, 0.05) is 11.5 Å². The Hall–Kier alpha value is -0.940. The second-order valence-corrected chi connectivity index (χ2v) is 4.54. The van der Waals surface area contributed by atoms with Crippen molar-refractivity contribution in [1.82, 2.24) is 4.98 Å². The summed E-state index contributed by atoms with van der Waals surface area (Å²) in [7, 11) is 1.36. The summed E-state index contributed by atoms with van der Waals surface area (Å²) < 4.78 is 10.2. The van der Waals surface area contributed by atoms with Crippen LogP contribution in [0.2, 0.25) is 0 Å². The monoisotopic (exact) mass is 243 g/mol. The lowest BCUT2D eigenvalue weighted by molar-refractivity contribution is 0.0568. The summed E-state index contributed by atoms with van der Waals surface area (Å²) in [5, 5.41) is 0.849. The second-order valence-electron chi connectivity index (χ2n) is 3.30. The first-order valence-corrected chi connectivity index (χ1v) is 6.12. The van der Waals surface area contributed by atoms with E-state index in [-0.39, 0.29) is 12.1 Å². The van der Waals surface area contributed by atoms with Crippen LogP contribution in [-0.4, -0.2) is 24.7 Å². The molecule has 1 rings (SSSR count). The van der Waals surface area contributed by atoms with Crippen molar-refractivity contribution in [2.24, 2.45) is 0 Å². The molecule has 0 aromatic carbocycles. The van der Waals surface area contributed by atoms with Gasteiger partial charge in [-0.25, -0.2) is 9.78 Å². The van der Waals surface area contributed by atoms with E-state index in [4.69, 9.17) is 4.74 Å². The third kappa shape index (κ3) is 2.80. The number of nitrogens with zero attached hydrogens (tertiary/aromatic N) is 1. The standard InChI is InChI=1S/C11H17NO3S/c1-5-8(15-6-2)10-12-9(7(3)16-10)11(13)14-4/h8H,5-6H2,1-4H3. The smallest absolute Gasteiger partial charge is 0.357 e. The van der Waals surface area contributed by atoms with Crippen LogP contribution >= 0.6 is 11.3 Å². The Morgan fingerprint density at radius 2 is 2.19 bits per heavy atom. The summed E-state index contributed by atoms with van der Waals surface area (Å²) in [6.45, 7) is 6.50. The number of aryl methyl sites for hydroxylation is 1. The average Bonchev–Trinajstić information content (AvgIpc) is 2.67. The highest BCUT2D eigenvalue weighted by Gasteiger charge is 2.20. The zero-order valence-corrected chi connectivity index (χ0v) is 10.9. The first-order chi connectivity index (χ1) is 7.63. The number of aromatic nitrogens is 1. The minimum Gasteiger partial charge on any atom is -0.464 e. The molecule has 0 radical (unpaired) electrons. The Labute approximate surface area is 99.6 Å². The molecule has 0 fully saturated rings. The summed E-state index contributed by atoms with van der Waals surface area (Å²) >= 11 is 1.49. The SMILES string of the molecule is CCOC(CC)c1nc(C(=O)OC)c(C)s1. The quantitative estimate of drug-likeness (QED) is 0.746. The van der Waals surface area contributed by atoms with Gasteiger partial charge in [0.2, 0.25) is 0 Å². The molecular formula is C11H17NO3S. The zero-order valence-electron chi connectivity index (χ0n) is 10.1. The van der Waals surface area contributed by atoms with Gasteiger partial charge in [-0.05, 0) is 20.3 Å². The van der Waals surface area contributed by atoms with E-state index < -0.39 is 0 Å². The fraction of sp³-hybridized carbons (Fsp3) is 0.636. The van der Waals surface area contributed by atoms with Crippen molar-refractivity contribution in [3.63, 3.8) is 0 Å². The van der Waals surface area contributed by atoms with Crippen LogP contribution in [0.4, 0.5) is 0 Å². The highest BCUT2D eigenvalue weighted by atomic mass is 32.1. The van der Waals surface area contributed by atoms with Gasteiger partial charge in [-0.15, -0.1) is 11.3 Å². The molecule has 1 atom stereocenters. The van der Waals surface area contributed by atoms with E-state index in [2.05, 4.69) is 9.72 Å². The molecule has 16 heavy (non-hydrogen) atoms. The highest BCUT2D eigenvalue weighted by Crippen LogP contribution is 2.28. The molecule has 1 aromatic heterocycles. The number of hydrogen-bond donors (Lipinski definition) is 0. The maximum Gasteiger partial charge on any atom is 0.357 e. The molecule has 90 valence electrons. The third-order valence-corrected chi connectivity index (χ3v) is 3.27. The van der Waals surface area contributed by atoms with Crippen LogP contribution in [0.25, 0.3) is 0 Å². The van der Waals surface area contributed by atoms with Crippen molar-refractivity contribution in [2.75, 3.05) is 13.7 Å². The van der Waals surface area contributed by atoms with Crippen LogP contribution in [0.1, 0.15) is 46.7 Å². The molecule has 4 nitrogen and oxygen atoms in total. The molecule has 1 unspecified atom stereocenters. The van der Waals surface area contributed by atoms with Gasteiger partial charge >= 0.3 is 5.97 Å². The second kappa shape index (κ2) is 5.96. The predicted molar refractivity (Wildman–Crippen MR) is 62.8 cm³/mol. The fourth-order valence-corrected chi connectivity index (χ4v) is 2.45. The Bertz CT molecular complexity index is 362. The van der Waals surface area contributed by atoms with Crippen LogP contribution in [-0.2, 0) is 9.47 Å². The summed E-state index contributed by atoms with van der Waals surface area (Å²) in [5.41, 5.74) is 0.403. The van der Waals surface area contributed by atoms with Gasteiger partial charge in [0.15, 0.2) is 5.69 Å². The summed E-state index contributed by atoms with van der Waals surface area (Å²) in [6, 6.07) is 0. The lowest BCUT2D eigenvalue weighted by Crippen LogP contribution is -2.06. The minimum absolute atomic E-state index is 0.0212. The van der Waals surface area contributed by atoms with Crippen LogP contribution in [0.15, 0.2) is 0 Å². The van der Waals surface area contributed by atoms with E-state index >= 15 is 0 Å². The van der Waals surface area contributed by atoms with E-state index in [1.54, 1.807) is 0 Å². The minimum atomic E-state index is -0.383. The molecule has 0 N–H and O–H groups in total. The van der Waals surface area contributed by atoms with Gasteiger partial charge < -0.3 is 9.47 Å². The summed E-state index contributed by atoms with van der Waals surface area (Å²) in [6.07, 6.45) is 0.827. The average molecular weight is 243 g/mol. The molecule has 0 saturated heterocycles. The van der Waals surface area contributed by atoms with Gasteiger partial charge in [-0.2, -0.15) is 0 Å². The molecule has 5 heteroatoms. The molecule has 0 aliphatic rings. The predicted octanol–water partition coefficient (Wildman–Crippen LogP) is 2.73.